The number of hydrogen-bond acceptors (Lipinski definition) is 6. The molecule has 1 unspecified atom stereocenters. The number of rotatable bonds is 8. The van der Waals surface area contributed by atoms with E-state index >= 15 is 0 Å². The minimum absolute atomic E-state index is 0.00299. The zero-order valence-electron chi connectivity index (χ0n) is 20.5. The van der Waals surface area contributed by atoms with Gasteiger partial charge in [-0.3, -0.25) is 14.9 Å². The van der Waals surface area contributed by atoms with Gasteiger partial charge in [0.1, 0.15) is 11.0 Å². The average Bonchev–Trinajstić information content (AvgIpc) is 3.37. The molecule has 11 heteroatoms. The van der Waals surface area contributed by atoms with Crippen LogP contribution in [-0.4, -0.2) is 42.1 Å². The Bertz CT molecular complexity index is 1390. The molecular formula is C27H24F3N5O2S. The molecule has 0 bridgehead atoms. The molecule has 0 spiro atoms. The number of alkyl halides is 3. The van der Waals surface area contributed by atoms with E-state index in [0.717, 1.165) is 41.1 Å². The van der Waals surface area contributed by atoms with Crippen LogP contribution in [0.3, 0.4) is 0 Å². The van der Waals surface area contributed by atoms with Gasteiger partial charge in [-0.05, 0) is 54.1 Å². The molecule has 196 valence electrons. The summed E-state index contributed by atoms with van der Waals surface area (Å²) in [5.41, 5.74) is 1.79. The highest BCUT2D eigenvalue weighted by molar-refractivity contribution is 7.18. The molecule has 0 radical (unpaired) electrons. The normalized spacial score (nSPS) is 12.0. The molecule has 2 N–H and O–H groups in total. The summed E-state index contributed by atoms with van der Waals surface area (Å²) in [5, 5.41) is 14.4. The van der Waals surface area contributed by atoms with Crippen LogP contribution in [0.5, 0.6) is 0 Å². The molecular weight excluding hydrogens is 515 g/mol. The van der Waals surface area contributed by atoms with Crippen molar-refractivity contribution < 1.29 is 22.8 Å². The minimum atomic E-state index is -4.51. The third kappa shape index (κ3) is 6.74. The molecule has 1 atom stereocenters. The molecule has 4 aromatic rings. The van der Waals surface area contributed by atoms with E-state index in [4.69, 9.17) is 0 Å². The lowest BCUT2D eigenvalue weighted by molar-refractivity contribution is -0.137. The SMILES string of the molecule is CN(C)c1ccc(-c2nnc(NC(=O)C(Cc3ccccc3)NC(=O)c3ccc(C(F)(F)F)cc3)s2)cc1. The maximum Gasteiger partial charge on any atom is 0.416 e. The van der Waals surface area contributed by atoms with Crippen LogP contribution >= 0.6 is 11.3 Å². The molecule has 4 rings (SSSR count). The van der Waals surface area contributed by atoms with Crippen molar-refractivity contribution in [2.45, 2.75) is 18.6 Å². The molecule has 0 aliphatic rings. The summed E-state index contributed by atoms with van der Waals surface area (Å²) in [4.78, 5) is 28.0. The highest BCUT2D eigenvalue weighted by Gasteiger charge is 2.30. The van der Waals surface area contributed by atoms with Crippen molar-refractivity contribution in [3.05, 3.63) is 95.6 Å². The minimum Gasteiger partial charge on any atom is -0.378 e. The largest absolute Gasteiger partial charge is 0.416 e. The van der Waals surface area contributed by atoms with Gasteiger partial charge in [0.05, 0.1) is 5.56 Å². The van der Waals surface area contributed by atoms with Crippen LogP contribution in [0.1, 0.15) is 21.5 Å². The van der Waals surface area contributed by atoms with Gasteiger partial charge < -0.3 is 10.2 Å². The van der Waals surface area contributed by atoms with Crippen molar-refractivity contribution in [2.24, 2.45) is 0 Å². The van der Waals surface area contributed by atoms with Crippen LogP contribution in [-0.2, 0) is 17.4 Å². The molecule has 7 nitrogen and oxygen atoms in total. The number of amides is 2. The molecule has 3 aromatic carbocycles. The summed E-state index contributed by atoms with van der Waals surface area (Å²) in [6.45, 7) is 0. The van der Waals surface area contributed by atoms with Gasteiger partial charge in [0, 0.05) is 37.3 Å². The Labute approximate surface area is 221 Å². The van der Waals surface area contributed by atoms with E-state index in [1.54, 1.807) is 12.1 Å². The van der Waals surface area contributed by atoms with E-state index in [0.29, 0.717) is 5.01 Å². The lowest BCUT2D eigenvalue weighted by Crippen LogP contribution is -2.45. The van der Waals surface area contributed by atoms with Gasteiger partial charge in [-0.1, -0.05) is 41.7 Å². The Hall–Kier alpha value is -4.25. The van der Waals surface area contributed by atoms with Crippen LogP contribution in [0.4, 0.5) is 24.0 Å². The number of aromatic nitrogens is 2. The van der Waals surface area contributed by atoms with E-state index < -0.39 is 29.6 Å². The van der Waals surface area contributed by atoms with Crippen molar-refractivity contribution in [3.8, 4) is 10.6 Å². The van der Waals surface area contributed by atoms with Crippen molar-refractivity contribution in [1.82, 2.24) is 15.5 Å². The standard InChI is InChI=1S/C27H24F3N5O2S/c1-35(2)21-14-10-19(11-15-21)25-33-34-26(38-25)32-24(37)22(16-17-6-4-3-5-7-17)31-23(36)18-8-12-20(13-9-18)27(28,29)30/h3-15,22H,16H2,1-2H3,(H,31,36)(H,32,34,37). The van der Waals surface area contributed by atoms with Gasteiger partial charge in [-0.2, -0.15) is 13.2 Å². The number of nitrogens with zero attached hydrogens (tertiary/aromatic N) is 3. The van der Waals surface area contributed by atoms with Crippen molar-refractivity contribution >= 4 is 34.0 Å². The predicted molar refractivity (Wildman–Crippen MR) is 141 cm³/mol. The quantitative estimate of drug-likeness (QED) is 0.319. The number of anilines is 2. The van der Waals surface area contributed by atoms with Gasteiger partial charge >= 0.3 is 6.18 Å². The van der Waals surface area contributed by atoms with Crippen LogP contribution in [0.2, 0.25) is 0 Å². The molecule has 0 saturated carbocycles. The smallest absolute Gasteiger partial charge is 0.378 e. The molecule has 38 heavy (non-hydrogen) atoms. The Morgan fingerprint density at radius 3 is 2.18 bits per heavy atom. The van der Waals surface area contributed by atoms with Crippen molar-refractivity contribution in [3.63, 3.8) is 0 Å². The number of carbonyl (C=O) groups excluding carboxylic acids is 2. The monoisotopic (exact) mass is 539 g/mol. The first kappa shape index (κ1) is 26.8. The zero-order chi connectivity index (χ0) is 27.3. The fourth-order valence-corrected chi connectivity index (χ4v) is 4.35. The zero-order valence-corrected chi connectivity index (χ0v) is 21.3. The number of benzene rings is 3. The van der Waals surface area contributed by atoms with Crippen LogP contribution in [0, 0.1) is 0 Å². The lowest BCUT2D eigenvalue weighted by atomic mass is 10.0. The molecule has 0 aliphatic heterocycles. The first-order chi connectivity index (χ1) is 18.1. The second-order valence-electron chi connectivity index (χ2n) is 8.63. The summed E-state index contributed by atoms with van der Waals surface area (Å²) in [7, 11) is 3.88. The number of nitrogens with one attached hydrogen (secondary N) is 2. The first-order valence-corrected chi connectivity index (χ1v) is 12.4. The summed E-state index contributed by atoms with van der Waals surface area (Å²) >= 11 is 1.18. The topological polar surface area (TPSA) is 87.2 Å². The highest BCUT2D eigenvalue weighted by Crippen LogP contribution is 2.29. The second-order valence-corrected chi connectivity index (χ2v) is 9.61. The number of halogens is 3. The summed E-state index contributed by atoms with van der Waals surface area (Å²) in [6, 6.07) is 19.6. The molecule has 0 saturated heterocycles. The maximum atomic E-state index is 13.2. The summed E-state index contributed by atoms with van der Waals surface area (Å²) in [5.74, 6) is -1.20. The van der Waals surface area contributed by atoms with Gasteiger partial charge in [-0.25, -0.2) is 0 Å². The third-order valence-electron chi connectivity index (χ3n) is 5.66. The molecule has 1 aromatic heterocycles. The van der Waals surface area contributed by atoms with Gasteiger partial charge in [-0.15, -0.1) is 10.2 Å². The fourth-order valence-electron chi connectivity index (χ4n) is 3.60. The predicted octanol–water partition coefficient (Wildman–Crippen LogP) is 5.27. The fraction of sp³-hybridized carbons (Fsp3) is 0.185. The summed E-state index contributed by atoms with van der Waals surface area (Å²) < 4.78 is 38.6. The van der Waals surface area contributed by atoms with E-state index in [9.17, 15) is 22.8 Å². The van der Waals surface area contributed by atoms with Crippen molar-refractivity contribution in [2.75, 3.05) is 24.3 Å². The van der Waals surface area contributed by atoms with Crippen LogP contribution < -0.4 is 15.5 Å². The van der Waals surface area contributed by atoms with Gasteiger partial charge in [0.2, 0.25) is 11.0 Å². The number of hydrogen-bond donors (Lipinski definition) is 2. The number of carbonyl (C=O) groups is 2. The second kappa shape index (κ2) is 11.4. The van der Waals surface area contributed by atoms with Crippen LogP contribution in [0.25, 0.3) is 10.6 Å². The average molecular weight is 540 g/mol. The molecule has 0 aliphatic carbocycles. The Morgan fingerprint density at radius 1 is 0.921 bits per heavy atom. The van der Waals surface area contributed by atoms with E-state index in [2.05, 4.69) is 20.8 Å². The van der Waals surface area contributed by atoms with E-state index in [1.807, 2.05) is 61.5 Å². The van der Waals surface area contributed by atoms with E-state index in [1.165, 1.54) is 11.3 Å². The Kier molecular flexibility index (Phi) is 8.06. The van der Waals surface area contributed by atoms with Gasteiger partial charge in [0.25, 0.3) is 5.91 Å². The third-order valence-corrected chi connectivity index (χ3v) is 6.55. The lowest BCUT2D eigenvalue weighted by Gasteiger charge is -2.18. The van der Waals surface area contributed by atoms with E-state index in [-0.39, 0.29) is 17.1 Å². The highest BCUT2D eigenvalue weighted by atomic mass is 32.1. The van der Waals surface area contributed by atoms with Crippen LogP contribution in [0.15, 0.2) is 78.9 Å². The Balaban J connectivity index is 1.49. The summed E-state index contributed by atoms with van der Waals surface area (Å²) in [6.07, 6.45) is -4.35. The molecule has 0 fully saturated rings. The van der Waals surface area contributed by atoms with Gasteiger partial charge in [0.15, 0.2) is 0 Å². The molecule has 1 heterocycles. The van der Waals surface area contributed by atoms with Crippen molar-refractivity contribution in [1.29, 1.82) is 0 Å². The molecule has 2 amide bonds. The first-order valence-electron chi connectivity index (χ1n) is 11.5. The Morgan fingerprint density at radius 2 is 1.58 bits per heavy atom. The maximum absolute atomic E-state index is 13.2.